The molecule has 2 amide bonds. The van der Waals surface area contributed by atoms with Crippen molar-refractivity contribution in [1.29, 1.82) is 0 Å². The summed E-state index contributed by atoms with van der Waals surface area (Å²) in [4.78, 5) is 39.0. The van der Waals surface area contributed by atoms with Crippen molar-refractivity contribution in [2.24, 2.45) is 0 Å². The first-order chi connectivity index (χ1) is 16.9. The molecule has 2 aliphatic rings. The summed E-state index contributed by atoms with van der Waals surface area (Å²) in [6, 6.07) is 15.0. The third-order valence-electron chi connectivity index (χ3n) is 6.80. The van der Waals surface area contributed by atoms with Gasteiger partial charge in [0.25, 0.3) is 0 Å². The molecule has 1 heterocycles. The van der Waals surface area contributed by atoms with Gasteiger partial charge in [-0.15, -0.1) is 12.3 Å². The van der Waals surface area contributed by atoms with Gasteiger partial charge in [0.15, 0.2) is 5.60 Å². The standard InChI is InChI=1S/C27H28N2O6/c1-3-9-23(24(30)29-15-8-14-27(17-29,34-2)25(31)32)28-26(33)35-16-22-20-12-6-4-10-18(20)19-11-5-7-13-21(19)22/h1,4-7,10-13,22-23H,8-9,14-17H2,2H3,(H,28,33)(H,31,32). The number of alkyl carbamates (subject to hydrolysis) is 1. The number of amides is 2. The Balaban J connectivity index is 1.42. The average Bonchev–Trinajstić information content (AvgIpc) is 3.20. The summed E-state index contributed by atoms with van der Waals surface area (Å²) in [6.07, 6.45) is 5.40. The first-order valence-corrected chi connectivity index (χ1v) is 11.5. The van der Waals surface area contributed by atoms with E-state index in [0.717, 1.165) is 22.3 Å². The molecule has 2 aromatic carbocycles. The number of nitrogens with zero attached hydrogens (tertiary/aromatic N) is 1. The number of aliphatic carboxylic acids is 1. The zero-order valence-corrected chi connectivity index (χ0v) is 19.5. The van der Waals surface area contributed by atoms with E-state index in [1.54, 1.807) is 0 Å². The second-order valence-corrected chi connectivity index (χ2v) is 8.80. The van der Waals surface area contributed by atoms with E-state index in [2.05, 4.69) is 11.2 Å². The summed E-state index contributed by atoms with van der Waals surface area (Å²) in [5.41, 5.74) is 2.91. The Bertz CT molecular complexity index is 1130. The van der Waals surface area contributed by atoms with Crippen LogP contribution < -0.4 is 5.32 Å². The molecular weight excluding hydrogens is 448 g/mol. The minimum atomic E-state index is -1.47. The van der Waals surface area contributed by atoms with Crippen LogP contribution in [0.5, 0.6) is 0 Å². The highest BCUT2D eigenvalue weighted by Crippen LogP contribution is 2.44. The molecule has 1 fully saturated rings. The van der Waals surface area contributed by atoms with Gasteiger partial charge in [-0.05, 0) is 35.1 Å². The number of ether oxygens (including phenoxy) is 2. The lowest BCUT2D eigenvalue weighted by atomic mass is 9.92. The number of nitrogens with one attached hydrogen (secondary N) is 1. The summed E-state index contributed by atoms with van der Waals surface area (Å²) in [5.74, 6) is 0.704. The molecule has 1 aliphatic heterocycles. The van der Waals surface area contributed by atoms with Crippen LogP contribution in [0.1, 0.15) is 36.3 Å². The van der Waals surface area contributed by atoms with Crippen molar-refractivity contribution < 1.29 is 29.0 Å². The largest absolute Gasteiger partial charge is 0.479 e. The Kier molecular flexibility index (Phi) is 7.08. The van der Waals surface area contributed by atoms with Gasteiger partial charge in [0.2, 0.25) is 5.91 Å². The van der Waals surface area contributed by atoms with E-state index in [0.29, 0.717) is 19.4 Å². The Morgan fingerprint density at radius 2 is 1.80 bits per heavy atom. The fourth-order valence-electron chi connectivity index (χ4n) is 4.96. The average molecular weight is 477 g/mol. The molecule has 8 nitrogen and oxygen atoms in total. The van der Waals surface area contributed by atoms with Crippen molar-refractivity contribution in [3.05, 3.63) is 59.7 Å². The number of likely N-dealkylation sites (tertiary alicyclic amines) is 1. The highest BCUT2D eigenvalue weighted by molar-refractivity contribution is 5.87. The van der Waals surface area contributed by atoms with E-state index in [-0.39, 0.29) is 25.5 Å². The molecule has 0 spiro atoms. The summed E-state index contributed by atoms with van der Waals surface area (Å²) in [6.45, 7) is 0.335. The quantitative estimate of drug-likeness (QED) is 0.596. The van der Waals surface area contributed by atoms with Crippen molar-refractivity contribution in [2.75, 3.05) is 26.8 Å². The molecule has 2 N–H and O–H groups in total. The zero-order chi connectivity index (χ0) is 25.0. The number of hydrogen-bond acceptors (Lipinski definition) is 5. The molecule has 1 aliphatic carbocycles. The van der Waals surface area contributed by atoms with Gasteiger partial charge in [0, 0.05) is 26.0 Å². The van der Waals surface area contributed by atoms with Crippen LogP contribution in [-0.4, -0.2) is 66.4 Å². The zero-order valence-electron chi connectivity index (χ0n) is 19.5. The molecule has 182 valence electrons. The molecule has 1 saturated heterocycles. The minimum Gasteiger partial charge on any atom is -0.479 e. The third-order valence-corrected chi connectivity index (χ3v) is 6.80. The van der Waals surface area contributed by atoms with Crippen LogP contribution in [0.3, 0.4) is 0 Å². The van der Waals surface area contributed by atoms with Gasteiger partial charge < -0.3 is 24.8 Å². The lowest BCUT2D eigenvalue weighted by Gasteiger charge is -2.39. The number of rotatable bonds is 7. The molecule has 35 heavy (non-hydrogen) atoms. The van der Waals surface area contributed by atoms with Gasteiger partial charge in [-0.2, -0.15) is 0 Å². The van der Waals surface area contributed by atoms with Crippen LogP contribution in [-0.2, 0) is 19.1 Å². The Morgan fingerprint density at radius 3 is 2.37 bits per heavy atom. The van der Waals surface area contributed by atoms with E-state index < -0.39 is 29.6 Å². The number of carbonyl (C=O) groups excluding carboxylic acids is 2. The summed E-state index contributed by atoms with van der Waals surface area (Å²) in [5, 5.41) is 12.2. The van der Waals surface area contributed by atoms with Crippen LogP contribution in [0, 0.1) is 12.3 Å². The van der Waals surface area contributed by atoms with Crippen LogP contribution in [0.25, 0.3) is 11.1 Å². The number of carboxylic acid groups (broad SMARTS) is 1. The first-order valence-electron chi connectivity index (χ1n) is 11.5. The predicted molar refractivity (Wildman–Crippen MR) is 129 cm³/mol. The lowest BCUT2D eigenvalue weighted by molar-refractivity contribution is -0.171. The Labute approximate surface area is 204 Å². The van der Waals surface area contributed by atoms with Crippen LogP contribution >= 0.6 is 0 Å². The number of benzene rings is 2. The topological polar surface area (TPSA) is 105 Å². The lowest BCUT2D eigenvalue weighted by Crippen LogP contribution is -2.59. The Morgan fingerprint density at radius 1 is 1.17 bits per heavy atom. The van der Waals surface area contributed by atoms with Gasteiger partial charge in [-0.25, -0.2) is 9.59 Å². The van der Waals surface area contributed by atoms with Crippen molar-refractivity contribution in [3.63, 3.8) is 0 Å². The number of carboxylic acids is 1. The second kappa shape index (κ2) is 10.2. The fraction of sp³-hybridized carbons (Fsp3) is 0.370. The molecule has 0 saturated carbocycles. The van der Waals surface area contributed by atoms with Crippen molar-refractivity contribution in [3.8, 4) is 23.5 Å². The fourth-order valence-corrected chi connectivity index (χ4v) is 4.96. The van der Waals surface area contributed by atoms with Gasteiger partial charge in [-0.1, -0.05) is 48.5 Å². The summed E-state index contributed by atoms with van der Waals surface area (Å²) in [7, 11) is 1.32. The van der Waals surface area contributed by atoms with E-state index in [1.165, 1.54) is 12.0 Å². The summed E-state index contributed by atoms with van der Waals surface area (Å²) >= 11 is 0. The third kappa shape index (κ3) is 4.73. The number of hydrogen-bond donors (Lipinski definition) is 2. The SMILES string of the molecule is C#CCC(NC(=O)OCC1c2ccccc2-c2ccccc21)C(=O)N1CCCC(OC)(C(=O)O)C1. The van der Waals surface area contributed by atoms with Crippen molar-refractivity contribution >= 4 is 18.0 Å². The number of methoxy groups -OCH3 is 1. The first kappa shape index (κ1) is 24.3. The minimum absolute atomic E-state index is 0.0490. The number of terminal acetylenes is 1. The molecule has 0 bridgehead atoms. The second-order valence-electron chi connectivity index (χ2n) is 8.80. The number of piperidine rings is 1. The van der Waals surface area contributed by atoms with Gasteiger partial charge in [0.05, 0.1) is 6.54 Å². The molecule has 2 aromatic rings. The van der Waals surface area contributed by atoms with Crippen LogP contribution in [0.15, 0.2) is 48.5 Å². The Hall–Kier alpha value is -3.83. The normalized spacial score (nSPS) is 19.7. The molecule has 2 atom stereocenters. The maximum atomic E-state index is 13.1. The monoisotopic (exact) mass is 476 g/mol. The number of carbonyl (C=O) groups is 3. The maximum absolute atomic E-state index is 13.1. The van der Waals surface area contributed by atoms with E-state index in [4.69, 9.17) is 15.9 Å². The maximum Gasteiger partial charge on any atom is 0.407 e. The van der Waals surface area contributed by atoms with E-state index in [1.807, 2.05) is 48.5 Å². The smallest absolute Gasteiger partial charge is 0.407 e. The van der Waals surface area contributed by atoms with E-state index in [9.17, 15) is 19.5 Å². The van der Waals surface area contributed by atoms with Crippen molar-refractivity contribution in [2.45, 2.75) is 36.8 Å². The van der Waals surface area contributed by atoms with Gasteiger partial charge in [-0.3, -0.25) is 4.79 Å². The van der Waals surface area contributed by atoms with Crippen molar-refractivity contribution in [1.82, 2.24) is 10.2 Å². The molecular formula is C27H28N2O6. The molecule has 8 heteroatoms. The molecule has 0 aromatic heterocycles. The van der Waals surface area contributed by atoms with E-state index >= 15 is 0 Å². The van der Waals surface area contributed by atoms with Gasteiger partial charge in [0.1, 0.15) is 12.6 Å². The number of fused-ring (bicyclic) bond motifs is 3. The van der Waals surface area contributed by atoms with Gasteiger partial charge >= 0.3 is 12.1 Å². The van der Waals surface area contributed by atoms with Crippen LogP contribution in [0.2, 0.25) is 0 Å². The molecule has 4 rings (SSSR count). The molecule has 0 radical (unpaired) electrons. The summed E-state index contributed by atoms with van der Waals surface area (Å²) < 4.78 is 10.8. The van der Waals surface area contributed by atoms with Crippen LogP contribution in [0.4, 0.5) is 4.79 Å². The highest BCUT2D eigenvalue weighted by atomic mass is 16.5. The highest BCUT2D eigenvalue weighted by Gasteiger charge is 2.45. The predicted octanol–water partition coefficient (Wildman–Crippen LogP) is 3.01. The molecule has 2 unspecified atom stereocenters.